The number of hydrogen-bond acceptors (Lipinski definition) is 1. The molecule has 0 unspecified atom stereocenters. The van der Waals surface area contributed by atoms with Crippen LogP contribution in [0.15, 0.2) is 53.6 Å². The molecule has 0 amide bonds. The first-order valence-corrected chi connectivity index (χ1v) is 4.33. The van der Waals surface area contributed by atoms with E-state index in [1.807, 2.05) is 37.4 Å². The second-order valence-electron chi connectivity index (χ2n) is 2.91. The predicted octanol–water partition coefficient (Wildman–Crippen LogP) is 2.71. The number of rotatable bonds is 1. The van der Waals surface area contributed by atoms with Gasteiger partial charge in [0.1, 0.15) is 0 Å². The van der Waals surface area contributed by atoms with Gasteiger partial charge in [0, 0.05) is 12.6 Å². The fraction of sp³-hybridized carbons (Fsp3) is 0.0833. The summed E-state index contributed by atoms with van der Waals surface area (Å²) in [6.45, 7) is 0. The van der Waals surface area contributed by atoms with Crippen LogP contribution in [0, 0.1) is 0 Å². The Labute approximate surface area is 78.1 Å². The lowest BCUT2D eigenvalue weighted by Crippen LogP contribution is -1.94. The SMILES string of the molecule is CN=C1C=CC=C1c1ccccc1. The third kappa shape index (κ3) is 1.45. The summed E-state index contributed by atoms with van der Waals surface area (Å²) in [7, 11) is 1.82. The van der Waals surface area contributed by atoms with E-state index >= 15 is 0 Å². The van der Waals surface area contributed by atoms with Gasteiger partial charge in [-0.1, -0.05) is 42.5 Å². The summed E-state index contributed by atoms with van der Waals surface area (Å²) in [6, 6.07) is 10.3. The van der Waals surface area contributed by atoms with Crippen LogP contribution < -0.4 is 0 Å². The Morgan fingerprint density at radius 1 is 1.08 bits per heavy atom. The zero-order valence-electron chi connectivity index (χ0n) is 7.57. The molecule has 1 aromatic carbocycles. The van der Waals surface area contributed by atoms with Crippen LogP contribution in [0.4, 0.5) is 0 Å². The summed E-state index contributed by atoms with van der Waals surface area (Å²) >= 11 is 0. The molecule has 1 aliphatic rings. The van der Waals surface area contributed by atoms with Gasteiger partial charge >= 0.3 is 0 Å². The maximum atomic E-state index is 4.21. The molecule has 0 saturated heterocycles. The number of aliphatic imine (C=N–C) groups is 1. The summed E-state index contributed by atoms with van der Waals surface area (Å²) in [6.07, 6.45) is 6.16. The topological polar surface area (TPSA) is 12.4 Å². The van der Waals surface area contributed by atoms with Crippen molar-refractivity contribution in [1.82, 2.24) is 0 Å². The Balaban J connectivity index is 2.40. The molecular weight excluding hydrogens is 158 g/mol. The van der Waals surface area contributed by atoms with Crippen molar-refractivity contribution >= 4 is 11.3 Å². The standard InChI is InChI=1S/C12H11N/c1-13-12-9-5-8-11(12)10-6-3-2-4-7-10/h2-9H,1H3. The quantitative estimate of drug-likeness (QED) is 0.613. The molecule has 0 heterocycles. The summed E-state index contributed by atoms with van der Waals surface area (Å²) in [4.78, 5) is 4.21. The van der Waals surface area contributed by atoms with Gasteiger partial charge in [0.05, 0.1) is 5.71 Å². The van der Waals surface area contributed by atoms with Gasteiger partial charge in [-0.25, -0.2) is 0 Å². The Morgan fingerprint density at radius 3 is 2.54 bits per heavy atom. The van der Waals surface area contributed by atoms with Crippen LogP contribution in [0.3, 0.4) is 0 Å². The van der Waals surface area contributed by atoms with E-state index in [1.165, 1.54) is 11.1 Å². The van der Waals surface area contributed by atoms with Crippen molar-refractivity contribution in [1.29, 1.82) is 0 Å². The maximum Gasteiger partial charge on any atom is 0.0649 e. The van der Waals surface area contributed by atoms with Crippen molar-refractivity contribution in [2.75, 3.05) is 7.05 Å². The van der Waals surface area contributed by atoms with Gasteiger partial charge < -0.3 is 0 Å². The average molecular weight is 169 g/mol. The summed E-state index contributed by atoms with van der Waals surface area (Å²) in [5.74, 6) is 0. The smallest absolute Gasteiger partial charge is 0.0649 e. The molecule has 0 N–H and O–H groups in total. The first kappa shape index (κ1) is 7.99. The molecule has 0 spiro atoms. The molecule has 64 valence electrons. The molecule has 0 atom stereocenters. The summed E-state index contributed by atoms with van der Waals surface area (Å²) in [5.41, 5.74) is 3.50. The van der Waals surface area contributed by atoms with E-state index in [4.69, 9.17) is 0 Å². The van der Waals surface area contributed by atoms with Gasteiger partial charge in [-0.05, 0) is 11.6 Å². The van der Waals surface area contributed by atoms with E-state index in [-0.39, 0.29) is 0 Å². The number of hydrogen-bond donors (Lipinski definition) is 0. The van der Waals surface area contributed by atoms with E-state index in [0.717, 1.165) is 5.71 Å². The van der Waals surface area contributed by atoms with Gasteiger partial charge in [-0.3, -0.25) is 4.99 Å². The van der Waals surface area contributed by atoms with Gasteiger partial charge in [0.2, 0.25) is 0 Å². The second kappa shape index (κ2) is 3.40. The van der Waals surface area contributed by atoms with E-state index in [9.17, 15) is 0 Å². The van der Waals surface area contributed by atoms with E-state index < -0.39 is 0 Å². The van der Waals surface area contributed by atoms with Crippen molar-refractivity contribution in [3.63, 3.8) is 0 Å². The zero-order chi connectivity index (χ0) is 9.10. The molecule has 0 bridgehead atoms. The third-order valence-corrected chi connectivity index (χ3v) is 2.12. The fourth-order valence-electron chi connectivity index (χ4n) is 1.47. The lowest BCUT2D eigenvalue weighted by Gasteiger charge is -2.02. The Kier molecular flexibility index (Phi) is 2.09. The monoisotopic (exact) mass is 169 g/mol. The van der Waals surface area contributed by atoms with Crippen molar-refractivity contribution in [3.05, 3.63) is 54.1 Å². The zero-order valence-corrected chi connectivity index (χ0v) is 7.57. The van der Waals surface area contributed by atoms with Crippen molar-refractivity contribution < 1.29 is 0 Å². The minimum absolute atomic E-state index is 1.06. The van der Waals surface area contributed by atoms with Crippen LogP contribution in [-0.2, 0) is 0 Å². The Hall–Kier alpha value is -1.63. The molecule has 1 aliphatic carbocycles. The van der Waals surface area contributed by atoms with E-state index in [2.05, 4.69) is 23.2 Å². The number of benzene rings is 1. The van der Waals surface area contributed by atoms with Crippen molar-refractivity contribution in [2.24, 2.45) is 4.99 Å². The van der Waals surface area contributed by atoms with Crippen LogP contribution in [0.2, 0.25) is 0 Å². The molecule has 2 rings (SSSR count). The van der Waals surface area contributed by atoms with E-state index in [0.29, 0.717) is 0 Å². The fourth-order valence-corrected chi connectivity index (χ4v) is 1.47. The second-order valence-corrected chi connectivity index (χ2v) is 2.91. The van der Waals surface area contributed by atoms with Gasteiger partial charge in [0.15, 0.2) is 0 Å². The minimum atomic E-state index is 1.06. The third-order valence-electron chi connectivity index (χ3n) is 2.12. The molecule has 0 aromatic heterocycles. The predicted molar refractivity (Wildman–Crippen MR) is 56.9 cm³/mol. The Morgan fingerprint density at radius 2 is 1.85 bits per heavy atom. The highest BCUT2D eigenvalue weighted by atomic mass is 14.7. The highest BCUT2D eigenvalue weighted by molar-refractivity contribution is 6.31. The highest BCUT2D eigenvalue weighted by Gasteiger charge is 2.08. The Bertz CT molecular complexity index is 383. The number of nitrogens with zero attached hydrogens (tertiary/aromatic N) is 1. The molecular formula is C12H11N. The van der Waals surface area contributed by atoms with Crippen LogP contribution in [0.5, 0.6) is 0 Å². The summed E-state index contributed by atoms with van der Waals surface area (Å²) in [5, 5.41) is 0. The molecule has 0 fully saturated rings. The van der Waals surface area contributed by atoms with Gasteiger partial charge in [-0.15, -0.1) is 0 Å². The van der Waals surface area contributed by atoms with Gasteiger partial charge in [0.25, 0.3) is 0 Å². The first-order valence-electron chi connectivity index (χ1n) is 4.33. The lowest BCUT2D eigenvalue weighted by molar-refractivity contribution is 1.45. The number of allylic oxidation sites excluding steroid dienone is 4. The average Bonchev–Trinajstić information content (AvgIpc) is 2.67. The molecule has 13 heavy (non-hydrogen) atoms. The van der Waals surface area contributed by atoms with Crippen molar-refractivity contribution in [3.8, 4) is 0 Å². The molecule has 1 nitrogen and oxygen atoms in total. The van der Waals surface area contributed by atoms with Gasteiger partial charge in [-0.2, -0.15) is 0 Å². The molecule has 1 aromatic rings. The minimum Gasteiger partial charge on any atom is -0.288 e. The van der Waals surface area contributed by atoms with E-state index in [1.54, 1.807) is 0 Å². The molecule has 0 saturated carbocycles. The van der Waals surface area contributed by atoms with Crippen molar-refractivity contribution in [2.45, 2.75) is 0 Å². The first-order chi connectivity index (χ1) is 6.42. The summed E-state index contributed by atoms with van der Waals surface area (Å²) < 4.78 is 0. The van der Waals surface area contributed by atoms with Crippen LogP contribution in [0.1, 0.15) is 5.56 Å². The maximum absolute atomic E-state index is 4.21. The molecule has 0 radical (unpaired) electrons. The van der Waals surface area contributed by atoms with Crippen LogP contribution in [-0.4, -0.2) is 12.8 Å². The molecule has 1 heteroatoms. The normalized spacial score (nSPS) is 17.9. The molecule has 0 aliphatic heterocycles. The largest absolute Gasteiger partial charge is 0.288 e. The van der Waals surface area contributed by atoms with Crippen LogP contribution in [0.25, 0.3) is 5.57 Å². The highest BCUT2D eigenvalue weighted by Crippen LogP contribution is 2.20. The van der Waals surface area contributed by atoms with Crippen LogP contribution >= 0.6 is 0 Å². The lowest BCUT2D eigenvalue weighted by atomic mass is 10.0.